The average molecular weight is 198 g/mol. The van der Waals surface area contributed by atoms with Gasteiger partial charge in [0.1, 0.15) is 5.60 Å². The number of carbonyl (C=O) groups excluding carboxylic acids is 1. The van der Waals surface area contributed by atoms with Crippen LogP contribution in [0.3, 0.4) is 0 Å². The van der Waals surface area contributed by atoms with Crippen molar-refractivity contribution in [1.82, 2.24) is 0 Å². The van der Waals surface area contributed by atoms with Crippen LogP contribution in [0.25, 0.3) is 0 Å². The fourth-order valence-electron chi connectivity index (χ4n) is 2.39. The van der Waals surface area contributed by atoms with Crippen molar-refractivity contribution in [2.24, 2.45) is 0 Å². The predicted octanol–water partition coefficient (Wildman–Crippen LogP) is 3.09. The van der Waals surface area contributed by atoms with Gasteiger partial charge in [-0.25, -0.2) is 0 Å². The molecule has 1 fully saturated rings. The maximum Gasteiger partial charge on any atom is 0.167 e. The van der Waals surface area contributed by atoms with Crippen molar-refractivity contribution < 1.29 is 9.53 Å². The highest BCUT2D eigenvalue weighted by atomic mass is 16.5. The molecule has 0 bridgehead atoms. The minimum absolute atomic E-state index is 0.164. The average Bonchev–Trinajstić information content (AvgIpc) is 2.53. The topological polar surface area (TPSA) is 26.3 Å². The van der Waals surface area contributed by atoms with Crippen LogP contribution in [0, 0.1) is 0 Å². The van der Waals surface area contributed by atoms with Gasteiger partial charge in [-0.05, 0) is 25.7 Å². The van der Waals surface area contributed by atoms with Crippen LogP contribution in [0.1, 0.15) is 59.8 Å². The van der Waals surface area contributed by atoms with Gasteiger partial charge in [-0.15, -0.1) is 0 Å². The molecule has 0 N–H and O–H groups in total. The van der Waals surface area contributed by atoms with Crippen LogP contribution >= 0.6 is 0 Å². The second-order valence-corrected chi connectivity index (χ2v) is 4.29. The van der Waals surface area contributed by atoms with E-state index in [2.05, 4.69) is 13.8 Å². The second-order valence-electron chi connectivity index (χ2n) is 4.29. The largest absolute Gasteiger partial charge is 0.360 e. The Bertz CT molecular complexity index is 212. The summed E-state index contributed by atoms with van der Waals surface area (Å²) in [5.74, 6) is 0.311. The van der Waals surface area contributed by atoms with E-state index in [4.69, 9.17) is 4.74 Å². The van der Waals surface area contributed by atoms with Crippen LogP contribution in [0.5, 0.6) is 0 Å². The summed E-state index contributed by atoms with van der Waals surface area (Å²) in [5.41, 5.74) is -0.630. The van der Waals surface area contributed by atoms with Crippen LogP contribution in [-0.4, -0.2) is 17.0 Å². The summed E-state index contributed by atoms with van der Waals surface area (Å²) < 4.78 is 6.10. The van der Waals surface area contributed by atoms with E-state index in [1.807, 2.05) is 13.8 Å². The molecule has 0 radical (unpaired) electrons. The molecule has 0 saturated carbocycles. The fraction of sp³-hybridized carbons (Fsp3) is 0.917. The lowest BCUT2D eigenvalue weighted by Crippen LogP contribution is -2.37. The van der Waals surface area contributed by atoms with Gasteiger partial charge in [-0.1, -0.05) is 27.7 Å². The number of carbonyl (C=O) groups is 1. The van der Waals surface area contributed by atoms with Crippen LogP contribution in [0.2, 0.25) is 0 Å². The summed E-state index contributed by atoms with van der Waals surface area (Å²) >= 11 is 0. The number of ketones is 1. The molecule has 1 aliphatic heterocycles. The molecule has 1 heterocycles. The molecule has 0 spiro atoms. The zero-order chi connectivity index (χ0) is 10.8. The number of rotatable bonds is 4. The molecule has 0 unspecified atom stereocenters. The molecule has 2 heteroatoms. The lowest BCUT2D eigenvalue weighted by molar-refractivity contribution is -0.143. The Hall–Kier alpha value is -0.370. The molecule has 0 aromatic heterocycles. The normalized spacial score (nSPS) is 24.1. The summed E-state index contributed by atoms with van der Waals surface area (Å²) in [7, 11) is 0. The van der Waals surface area contributed by atoms with Gasteiger partial charge in [0.15, 0.2) is 5.78 Å². The third-order valence-corrected chi connectivity index (χ3v) is 3.83. The zero-order valence-corrected chi connectivity index (χ0v) is 9.85. The molecule has 82 valence electrons. The minimum atomic E-state index is -0.466. The van der Waals surface area contributed by atoms with Crippen molar-refractivity contribution >= 4 is 5.78 Å². The molecule has 0 aliphatic carbocycles. The van der Waals surface area contributed by atoms with E-state index in [1.54, 1.807) is 0 Å². The lowest BCUT2D eigenvalue weighted by Gasteiger charge is -2.31. The SMILES string of the molecule is CCC1(CC)CC(=O)C(CC)(CC)O1. The second kappa shape index (κ2) is 4.01. The first-order valence-corrected chi connectivity index (χ1v) is 5.81. The van der Waals surface area contributed by atoms with Gasteiger partial charge < -0.3 is 4.74 Å². The van der Waals surface area contributed by atoms with Gasteiger partial charge in [0.2, 0.25) is 0 Å². The first-order chi connectivity index (χ1) is 6.58. The molecule has 0 atom stereocenters. The fourth-order valence-corrected chi connectivity index (χ4v) is 2.39. The highest BCUT2D eigenvalue weighted by Gasteiger charge is 2.51. The zero-order valence-electron chi connectivity index (χ0n) is 9.85. The highest BCUT2D eigenvalue weighted by Crippen LogP contribution is 2.42. The molecular formula is C12H22O2. The van der Waals surface area contributed by atoms with E-state index in [0.29, 0.717) is 12.2 Å². The molecule has 0 aromatic rings. The highest BCUT2D eigenvalue weighted by molar-refractivity contribution is 5.90. The quantitative estimate of drug-likeness (QED) is 0.694. The Balaban J connectivity index is 2.91. The maximum absolute atomic E-state index is 12.0. The molecule has 1 aliphatic rings. The van der Waals surface area contributed by atoms with Crippen molar-refractivity contribution in [3.63, 3.8) is 0 Å². The van der Waals surface area contributed by atoms with E-state index >= 15 is 0 Å². The summed E-state index contributed by atoms with van der Waals surface area (Å²) in [6.07, 6.45) is 4.11. The van der Waals surface area contributed by atoms with E-state index in [9.17, 15) is 4.79 Å². The van der Waals surface area contributed by atoms with Crippen molar-refractivity contribution in [3.05, 3.63) is 0 Å². The van der Waals surface area contributed by atoms with E-state index in [0.717, 1.165) is 25.7 Å². The molecule has 14 heavy (non-hydrogen) atoms. The first kappa shape index (κ1) is 11.7. The molecule has 1 rings (SSSR count). The molecule has 2 nitrogen and oxygen atoms in total. The van der Waals surface area contributed by atoms with Crippen LogP contribution in [0.4, 0.5) is 0 Å². The number of hydrogen-bond donors (Lipinski definition) is 0. The van der Waals surface area contributed by atoms with Gasteiger partial charge >= 0.3 is 0 Å². The van der Waals surface area contributed by atoms with Crippen LogP contribution in [0.15, 0.2) is 0 Å². The van der Waals surface area contributed by atoms with E-state index < -0.39 is 5.60 Å². The van der Waals surface area contributed by atoms with E-state index in [-0.39, 0.29) is 5.60 Å². The number of ether oxygens (including phenoxy) is 1. The summed E-state index contributed by atoms with van der Waals surface area (Å²) in [6, 6.07) is 0. The number of hydrogen-bond acceptors (Lipinski definition) is 2. The van der Waals surface area contributed by atoms with Gasteiger partial charge in [0, 0.05) is 6.42 Å². The molecule has 0 amide bonds. The van der Waals surface area contributed by atoms with Gasteiger partial charge in [-0.2, -0.15) is 0 Å². The van der Waals surface area contributed by atoms with Crippen molar-refractivity contribution in [1.29, 1.82) is 0 Å². The van der Waals surface area contributed by atoms with Crippen molar-refractivity contribution in [2.75, 3.05) is 0 Å². The smallest absolute Gasteiger partial charge is 0.167 e. The van der Waals surface area contributed by atoms with Crippen LogP contribution in [-0.2, 0) is 9.53 Å². The Morgan fingerprint density at radius 3 is 1.79 bits per heavy atom. The summed E-state index contributed by atoms with van der Waals surface area (Å²) in [5, 5.41) is 0. The first-order valence-electron chi connectivity index (χ1n) is 5.81. The van der Waals surface area contributed by atoms with Gasteiger partial charge in [0.25, 0.3) is 0 Å². The predicted molar refractivity (Wildman–Crippen MR) is 57.3 cm³/mol. The van der Waals surface area contributed by atoms with E-state index in [1.165, 1.54) is 0 Å². The Morgan fingerprint density at radius 2 is 1.57 bits per heavy atom. The van der Waals surface area contributed by atoms with Gasteiger partial charge in [0.05, 0.1) is 5.60 Å². The standard InChI is InChI=1S/C12H22O2/c1-5-11(6-2)9-10(13)12(7-3,8-4)14-11/h5-9H2,1-4H3. The lowest BCUT2D eigenvalue weighted by atomic mass is 9.88. The third kappa shape index (κ3) is 1.60. The van der Waals surface area contributed by atoms with Gasteiger partial charge in [-0.3, -0.25) is 4.79 Å². The van der Waals surface area contributed by atoms with Crippen molar-refractivity contribution in [2.45, 2.75) is 71.0 Å². The molecular weight excluding hydrogens is 176 g/mol. The minimum Gasteiger partial charge on any atom is -0.360 e. The number of Topliss-reactive ketones (excluding diaryl/α,β-unsaturated/α-hetero) is 1. The maximum atomic E-state index is 12.0. The van der Waals surface area contributed by atoms with Crippen molar-refractivity contribution in [3.8, 4) is 0 Å². The Labute approximate surface area is 87.0 Å². The molecule has 1 saturated heterocycles. The third-order valence-electron chi connectivity index (χ3n) is 3.83. The molecule has 0 aromatic carbocycles. The Morgan fingerprint density at radius 1 is 1.07 bits per heavy atom. The van der Waals surface area contributed by atoms with Crippen LogP contribution < -0.4 is 0 Å². The Kier molecular flexibility index (Phi) is 3.36. The monoisotopic (exact) mass is 198 g/mol. The summed E-state index contributed by atoms with van der Waals surface area (Å²) in [4.78, 5) is 12.0. The summed E-state index contributed by atoms with van der Waals surface area (Å²) in [6.45, 7) is 8.31.